The van der Waals surface area contributed by atoms with E-state index in [0.717, 1.165) is 11.5 Å². The molecule has 1 aromatic carbocycles. The molecule has 1 aliphatic rings. The van der Waals surface area contributed by atoms with Crippen LogP contribution in [0, 0.1) is 6.92 Å². The zero-order chi connectivity index (χ0) is 14.9. The second-order valence-corrected chi connectivity index (χ2v) is 5.75. The monoisotopic (exact) mass is 305 g/mol. The number of aryl methyl sites for hydroxylation is 1. The summed E-state index contributed by atoms with van der Waals surface area (Å²) in [5.74, 6) is 0.399. The molecule has 1 atom stereocenters. The number of carbonyl (C=O) groups excluding carboxylic acids is 1. The lowest BCUT2D eigenvalue weighted by molar-refractivity contribution is -0.00158. The number of rotatable bonds is 3. The molecule has 1 amide bonds. The first kappa shape index (κ1) is 14.0. The molecule has 0 fully saturated rings. The molecule has 1 aliphatic heterocycles. The Morgan fingerprint density at radius 1 is 1.52 bits per heavy atom. The molecule has 7 heteroatoms. The standard InChI is InChI=1S/C14H15N3O3S/c1-9-12(21-17-16-9)13(18)15-8-14(19)6-7-20-11-5-3-2-4-10(11)14/h2-5,19H,6-8H2,1H3,(H,15,18). The van der Waals surface area contributed by atoms with Crippen LogP contribution in [0.15, 0.2) is 24.3 Å². The largest absolute Gasteiger partial charge is 0.493 e. The molecular formula is C14H15N3O3S. The van der Waals surface area contributed by atoms with Crippen LogP contribution in [0.4, 0.5) is 0 Å². The minimum Gasteiger partial charge on any atom is -0.493 e. The van der Waals surface area contributed by atoms with E-state index in [4.69, 9.17) is 4.74 Å². The van der Waals surface area contributed by atoms with E-state index in [-0.39, 0.29) is 12.5 Å². The van der Waals surface area contributed by atoms with E-state index in [0.29, 0.717) is 34.9 Å². The van der Waals surface area contributed by atoms with E-state index in [2.05, 4.69) is 14.9 Å². The summed E-state index contributed by atoms with van der Waals surface area (Å²) < 4.78 is 9.27. The summed E-state index contributed by atoms with van der Waals surface area (Å²) in [4.78, 5) is 12.6. The first-order valence-corrected chi connectivity index (χ1v) is 7.39. The topological polar surface area (TPSA) is 84.3 Å². The second kappa shape index (κ2) is 5.42. The van der Waals surface area contributed by atoms with Crippen molar-refractivity contribution in [3.05, 3.63) is 40.4 Å². The minimum atomic E-state index is -1.11. The summed E-state index contributed by atoms with van der Waals surface area (Å²) >= 11 is 1.05. The Morgan fingerprint density at radius 3 is 3.10 bits per heavy atom. The fraction of sp³-hybridized carbons (Fsp3) is 0.357. The van der Waals surface area contributed by atoms with Gasteiger partial charge in [-0.05, 0) is 24.5 Å². The van der Waals surface area contributed by atoms with Gasteiger partial charge in [0.25, 0.3) is 5.91 Å². The van der Waals surface area contributed by atoms with Gasteiger partial charge in [-0.25, -0.2) is 0 Å². The molecular weight excluding hydrogens is 290 g/mol. The summed E-state index contributed by atoms with van der Waals surface area (Å²) in [5.41, 5.74) is 0.184. The van der Waals surface area contributed by atoms with Crippen molar-refractivity contribution in [2.24, 2.45) is 0 Å². The van der Waals surface area contributed by atoms with Crippen molar-refractivity contribution in [3.63, 3.8) is 0 Å². The number of benzene rings is 1. The maximum atomic E-state index is 12.1. The van der Waals surface area contributed by atoms with Crippen LogP contribution in [-0.2, 0) is 5.60 Å². The first-order valence-electron chi connectivity index (χ1n) is 6.62. The van der Waals surface area contributed by atoms with Gasteiger partial charge in [0, 0.05) is 12.0 Å². The number of nitrogens with one attached hydrogen (secondary N) is 1. The SMILES string of the molecule is Cc1nnsc1C(=O)NCC1(O)CCOc2ccccc21. The molecule has 0 bridgehead atoms. The maximum absolute atomic E-state index is 12.1. The van der Waals surface area contributed by atoms with E-state index in [1.54, 1.807) is 6.92 Å². The fourth-order valence-electron chi connectivity index (χ4n) is 2.37. The summed E-state index contributed by atoms with van der Waals surface area (Å²) in [5, 5.41) is 17.4. The molecule has 0 radical (unpaired) electrons. The number of hydrogen-bond donors (Lipinski definition) is 2. The number of hydrogen-bond acceptors (Lipinski definition) is 6. The van der Waals surface area contributed by atoms with Crippen molar-refractivity contribution in [3.8, 4) is 5.75 Å². The summed E-state index contributed by atoms with van der Waals surface area (Å²) in [6.45, 7) is 2.28. The summed E-state index contributed by atoms with van der Waals surface area (Å²) in [7, 11) is 0. The second-order valence-electron chi connectivity index (χ2n) is 5.00. The zero-order valence-electron chi connectivity index (χ0n) is 11.5. The third-order valence-electron chi connectivity index (χ3n) is 3.56. The van der Waals surface area contributed by atoms with Gasteiger partial charge in [-0.2, -0.15) is 0 Å². The van der Waals surface area contributed by atoms with E-state index < -0.39 is 5.60 Å². The molecule has 1 unspecified atom stereocenters. The predicted octanol–water partition coefficient (Wildman–Crippen LogP) is 1.25. The summed E-state index contributed by atoms with van der Waals surface area (Å²) in [6.07, 6.45) is 0.435. The smallest absolute Gasteiger partial charge is 0.265 e. The van der Waals surface area contributed by atoms with Crippen LogP contribution in [0.2, 0.25) is 0 Å². The molecule has 3 rings (SSSR count). The van der Waals surface area contributed by atoms with Gasteiger partial charge < -0.3 is 15.2 Å². The Morgan fingerprint density at radius 2 is 2.33 bits per heavy atom. The lowest BCUT2D eigenvalue weighted by Gasteiger charge is -2.34. The Labute approximate surface area is 125 Å². The molecule has 6 nitrogen and oxygen atoms in total. The van der Waals surface area contributed by atoms with Crippen molar-refractivity contribution in [1.29, 1.82) is 0 Å². The van der Waals surface area contributed by atoms with Crippen LogP contribution in [0.25, 0.3) is 0 Å². The van der Waals surface area contributed by atoms with Gasteiger partial charge in [0.2, 0.25) is 0 Å². The van der Waals surface area contributed by atoms with Crippen LogP contribution in [0.1, 0.15) is 27.3 Å². The lowest BCUT2D eigenvalue weighted by atomic mass is 9.88. The molecule has 110 valence electrons. The van der Waals surface area contributed by atoms with Gasteiger partial charge in [-0.15, -0.1) is 5.10 Å². The molecule has 2 heterocycles. The van der Waals surface area contributed by atoms with Crippen LogP contribution in [0.3, 0.4) is 0 Å². The molecule has 2 N–H and O–H groups in total. The molecule has 21 heavy (non-hydrogen) atoms. The number of ether oxygens (including phenoxy) is 1. The highest BCUT2D eigenvalue weighted by Gasteiger charge is 2.36. The maximum Gasteiger partial charge on any atom is 0.265 e. The number of carbonyl (C=O) groups is 1. The number of nitrogens with zero attached hydrogens (tertiary/aromatic N) is 2. The lowest BCUT2D eigenvalue weighted by Crippen LogP contribution is -2.43. The molecule has 0 aliphatic carbocycles. The first-order chi connectivity index (χ1) is 10.1. The highest BCUT2D eigenvalue weighted by molar-refractivity contribution is 7.07. The molecule has 0 saturated heterocycles. The minimum absolute atomic E-state index is 0.129. The molecule has 0 spiro atoms. The van der Waals surface area contributed by atoms with Gasteiger partial charge in [0.15, 0.2) is 0 Å². The van der Waals surface area contributed by atoms with Crippen molar-refractivity contribution >= 4 is 17.4 Å². The Hall–Kier alpha value is -1.99. The van der Waals surface area contributed by atoms with Crippen molar-refractivity contribution < 1.29 is 14.6 Å². The number of aromatic nitrogens is 2. The van der Waals surface area contributed by atoms with Crippen molar-refractivity contribution in [1.82, 2.24) is 14.9 Å². The van der Waals surface area contributed by atoms with Crippen LogP contribution < -0.4 is 10.1 Å². The number of amides is 1. The van der Waals surface area contributed by atoms with Crippen LogP contribution in [-0.4, -0.2) is 33.8 Å². The fourth-order valence-corrected chi connectivity index (χ4v) is 2.94. The number of aliphatic hydroxyl groups is 1. The highest BCUT2D eigenvalue weighted by Crippen LogP contribution is 2.36. The average molecular weight is 305 g/mol. The van der Waals surface area contributed by atoms with Crippen molar-refractivity contribution in [2.45, 2.75) is 18.9 Å². The van der Waals surface area contributed by atoms with E-state index in [9.17, 15) is 9.90 Å². The molecule has 2 aromatic rings. The average Bonchev–Trinajstić information content (AvgIpc) is 2.92. The predicted molar refractivity (Wildman–Crippen MR) is 77.4 cm³/mol. The Bertz CT molecular complexity index is 673. The summed E-state index contributed by atoms with van der Waals surface area (Å²) in [6, 6.07) is 7.34. The highest BCUT2D eigenvalue weighted by atomic mass is 32.1. The quantitative estimate of drug-likeness (QED) is 0.891. The number of fused-ring (bicyclic) bond motifs is 1. The van der Waals surface area contributed by atoms with Gasteiger partial charge in [-0.1, -0.05) is 22.7 Å². The van der Waals surface area contributed by atoms with Gasteiger partial charge in [-0.3, -0.25) is 4.79 Å². The molecule has 0 saturated carbocycles. The van der Waals surface area contributed by atoms with Crippen LogP contribution in [0.5, 0.6) is 5.75 Å². The third kappa shape index (κ3) is 2.62. The van der Waals surface area contributed by atoms with Gasteiger partial charge in [0.1, 0.15) is 16.2 Å². The zero-order valence-corrected chi connectivity index (χ0v) is 12.3. The third-order valence-corrected chi connectivity index (χ3v) is 4.39. The van der Waals surface area contributed by atoms with E-state index >= 15 is 0 Å². The Balaban J connectivity index is 1.76. The van der Waals surface area contributed by atoms with E-state index in [1.165, 1.54) is 0 Å². The molecule has 1 aromatic heterocycles. The van der Waals surface area contributed by atoms with E-state index in [1.807, 2.05) is 24.3 Å². The Kier molecular flexibility index (Phi) is 3.60. The van der Waals surface area contributed by atoms with Gasteiger partial charge >= 0.3 is 0 Å². The van der Waals surface area contributed by atoms with Gasteiger partial charge in [0.05, 0.1) is 18.8 Å². The normalized spacial score (nSPS) is 20.5. The van der Waals surface area contributed by atoms with Crippen molar-refractivity contribution in [2.75, 3.05) is 13.2 Å². The van der Waals surface area contributed by atoms with Crippen LogP contribution >= 0.6 is 11.5 Å². The number of para-hydroxylation sites is 1.